The van der Waals surface area contributed by atoms with Crippen LogP contribution < -0.4 is 9.04 Å². The number of methoxy groups -OCH3 is 1. The molecule has 0 saturated heterocycles. The zero-order valence-corrected chi connectivity index (χ0v) is 20.8. The summed E-state index contributed by atoms with van der Waals surface area (Å²) >= 11 is 0. The summed E-state index contributed by atoms with van der Waals surface area (Å²) in [6, 6.07) is 13.7. The predicted octanol–water partition coefficient (Wildman–Crippen LogP) is 3.86. The van der Waals surface area contributed by atoms with E-state index in [0.29, 0.717) is 29.6 Å². The highest BCUT2D eigenvalue weighted by Crippen LogP contribution is 2.31. The fourth-order valence-corrected chi connectivity index (χ4v) is 5.49. The van der Waals surface area contributed by atoms with Gasteiger partial charge in [0.2, 0.25) is 0 Å². The number of anilines is 1. The normalized spacial score (nSPS) is 14.8. The summed E-state index contributed by atoms with van der Waals surface area (Å²) < 4.78 is 32.7. The number of para-hydroxylation sites is 2. The first-order valence-electron chi connectivity index (χ1n) is 11.4. The van der Waals surface area contributed by atoms with Crippen LogP contribution in [0.25, 0.3) is 0 Å². The van der Waals surface area contributed by atoms with Crippen molar-refractivity contribution in [2.24, 2.45) is 0 Å². The van der Waals surface area contributed by atoms with E-state index < -0.39 is 10.0 Å². The van der Waals surface area contributed by atoms with Crippen molar-refractivity contribution in [2.75, 3.05) is 45.6 Å². The topological polar surface area (TPSA) is 70.2 Å². The van der Waals surface area contributed by atoms with E-state index in [-0.39, 0.29) is 10.8 Å². The fourth-order valence-electron chi connectivity index (χ4n) is 4.28. The van der Waals surface area contributed by atoms with Crippen LogP contribution in [0, 0.1) is 0 Å². The molecule has 0 spiro atoms. The molecule has 3 rings (SSSR count). The largest absolute Gasteiger partial charge is 0.495 e. The summed E-state index contributed by atoms with van der Waals surface area (Å²) in [4.78, 5) is 17.0. The molecule has 1 saturated carbocycles. The Morgan fingerprint density at radius 3 is 2.21 bits per heavy atom. The minimum absolute atomic E-state index is 0.117. The van der Waals surface area contributed by atoms with Crippen LogP contribution in [-0.4, -0.2) is 71.5 Å². The third-order valence-electron chi connectivity index (χ3n) is 6.52. The number of carbonyl (C=O) groups excluding carboxylic acids is 1. The molecule has 33 heavy (non-hydrogen) atoms. The number of benzene rings is 2. The van der Waals surface area contributed by atoms with Crippen LogP contribution in [-0.2, 0) is 10.0 Å². The lowest BCUT2D eigenvalue weighted by atomic mass is 9.94. The van der Waals surface area contributed by atoms with Crippen LogP contribution in [0.4, 0.5) is 5.69 Å². The molecular formula is C25H35N3O4S. The molecule has 1 aliphatic carbocycles. The number of rotatable bonds is 9. The SMILES string of the molecule is COc1ccccc1N(C)S(=O)(=O)c1ccc(C(=O)N(C)CCN(C)C2CCCCC2)cc1. The maximum Gasteiger partial charge on any atom is 0.264 e. The molecule has 0 N–H and O–H groups in total. The number of amides is 1. The Kier molecular flexibility index (Phi) is 8.37. The van der Waals surface area contributed by atoms with Crippen molar-refractivity contribution in [3.8, 4) is 5.75 Å². The smallest absolute Gasteiger partial charge is 0.264 e. The van der Waals surface area contributed by atoms with Crippen molar-refractivity contribution in [3.05, 3.63) is 54.1 Å². The summed E-state index contributed by atoms with van der Waals surface area (Å²) in [6.45, 7) is 1.45. The number of likely N-dealkylation sites (N-methyl/N-ethyl adjacent to an activating group) is 2. The lowest BCUT2D eigenvalue weighted by molar-refractivity contribution is 0.0767. The summed E-state index contributed by atoms with van der Waals surface area (Å²) in [7, 11) is 3.11. The molecule has 7 nitrogen and oxygen atoms in total. The Balaban J connectivity index is 1.65. The quantitative estimate of drug-likeness (QED) is 0.553. The average Bonchev–Trinajstić information content (AvgIpc) is 2.86. The van der Waals surface area contributed by atoms with Gasteiger partial charge in [-0.15, -0.1) is 0 Å². The second-order valence-electron chi connectivity index (χ2n) is 8.67. The zero-order valence-electron chi connectivity index (χ0n) is 20.0. The fraction of sp³-hybridized carbons (Fsp3) is 0.480. The molecule has 1 fully saturated rings. The van der Waals surface area contributed by atoms with Gasteiger partial charge in [-0.25, -0.2) is 8.42 Å². The number of nitrogens with zero attached hydrogens (tertiary/aromatic N) is 3. The van der Waals surface area contributed by atoms with Gasteiger partial charge in [0.05, 0.1) is 17.7 Å². The van der Waals surface area contributed by atoms with E-state index in [1.54, 1.807) is 48.3 Å². The third-order valence-corrected chi connectivity index (χ3v) is 8.30. The molecule has 0 heterocycles. The zero-order chi connectivity index (χ0) is 24.0. The molecule has 1 aliphatic rings. The molecule has 2 aromatic carbocycles. The van der Waals surface area contributed by atoms with Crippen LogP contribution in [0.15, 0.2) is 53.4 Å². The molecule has 0 atom stereocenters. The van der Waals surface area contributed by atoms with Gasteiger partial charge in [-0.1, -0.05) is 31.4 Å². The van der Waals surface area contributed by atoms with Crippen LogP contribution >= 0.6 is 0 Å². The number of ether oxygens (including phenoxy) is 1. The standard InChI is InChI=1S/C25H35N3O4S/c1-26(21-10-6-5-7-11-21)18-19-27(2)25(29)20-14-16-22(17-15-20)33(30,31)28(3)23-12-8-9-13-24(23)32-4/h8-9,12-17,21H,5-7,10-11,18-19H2,1-4H3. The maximum absolute atomic E-state index is 13.1. The van der Waals surface area contributed by atoms with Gasteiger partial charge in [0, 0.05) is 38.8 Å². The lowest BCUT2D eigenvalue weighted by Gasteiger charge is -2.32. The maximum atomic E-state index is 13.1. The Bertz CT molecular complexity index is 1030. The molecule has 0 aromatic heterocycles. The molecule has 0 bridgehead atoms. The molecule has 1 amide bonds. The second kappa shape index (κ2) is 11.0. The van der Waals surface area contributed by atoms with Crippen molar-refractivity contribution < 1.29 is 17.9 Å². The van der Waals surface area contributed by atoms with Gasteiger partial charge < -0.3 is 14.5 Å². The summed E-state index contributed by atoms with van der Waals surface area (Å²) in [5.41, 5.74) is 0.915. The van der Waals surface area contributed by atoms with Gasteiger partial charge in [0.25, 0.3) is 15.9 Å². The minimum Gasteiger partial charge on any atom is -0.495 e. The first kappa shape index (κ1) is 25.1. The lowest BCUT2D eigenvalue weighted by Crippen LogP contribution is -2.40. The molecule has 0 aliphatic heterocycles. The molecule has 180 valence electrons. The Morgan fingerprint density at radius 1 is 0.939 bits per heavy atom. The van der Waals surface area contributed by atoms with E-state index in [1.165, 1.54) is 62.7 Å². The minimum atomic E-state index is -3.80. The molecule has 2 aromatic rings. The first-order valence-corrected chi connectivity index (χ1v) is 12.9. The van der Waals surface area contributed by atoms with Gasteiger partial charge in [-0.3, -0.25) is 9.10 Å². The van der Waals surface area contributed by atoms with E-state index in [2.05, 4.69) is 11.9 Å². The van der Waals surface area contributed by atoms with Gasteiger partial charge in [0.15, 0.2) is 0 Å². The molecule has 0 unspecified atom stereocenters. The number of hydrogen-bond donors (Lipinski definition) is 0. The predicted molar refractivity (Wildman–Crippen MR) is 131 cm³/mol. The average molecular weight is 474 g/mol. The number of hydrogen-bond acceptors (Lipinski definition) is 5. The van der Waals surface area contributed by atoms with Crippen LogP contribution in [0.5, 0.6) is 5.75 Å². The first-order chi connectivity index (χ1) is 15.8. The monoisotopic (exact) mass is 473 g/mol. The molecular weight excluding hydrogens is 438 g/mol. The van der Waals surface area contributed by atoms with Crippen LogP contribution in [0.1, 0.15) is 42.5 Å². The third kappa shape index (κ3) is 5.86. The van der Waals surface area contributed by atoms with Crippen molar-refractivity contribution in [1.82, 2.24) is 9.80 Å². The highest BCUT2D eigenvalue weighted by atomic mass is 32.2. The van der Waals surface area contributed by atoms with Crippen molar-refractivity contribution in [2.45, 2.75) is 43.0 Å². The Hall–Kier alpha value is -2.58. The van der Waals surface area contributed by atoms with Gasteiger partial charge in [0.1, 0.15) is 5.75 Å². The number of carbonyl (C=O) groups is 1. The van der Waals surface area contributed by atoms with E-state index in [0.717, 1.165) is 6.54 Å². The van der Waals surface area contributed by atoms with Crippen molar-refractivity contribution >= 4 is 21.6 Å². The Morgan fingerprint density at radius 2 is 1.58 bits per heavy atom. The van der Waals surface area contributed by atoms with E-state index >= 15 is 0 Å². The Labute approximate surface area is 198 Å². The van der Waals surface area contributed by atoms with Crippen LogP contribution in [0.2, 0.25) is 0 Å². The second-order valence-corrected chi connectivity index (χ2v) is 10.6. The summed E-state index contributed by atoms with van der Waals surface area (Å²) in [5, 5.41) is 0. The molecule has 8 heteroatoms. The molecule has 0 radical (unpaired) electrons. The van der Waals surface area contributed by atoms with Crippen molar-refractivity contribution in [1.29, 1.82) is 0 Å². The highest BCUT2D eigenvalue weighted by molar-refractivity contribution is 7.92. The van der Waals surface area contributed by atoms with Gasteiger partial charge in [-0.2, -0.15) is 0 Å². The van der Waals surface area contributed by atoms with Gasteiger partial charge >= 0.3 is 0 Å². The van der Waals surface area contributed by atoms with Gasteiger partial charge in [-0.05, 0) is 56.3 Å². The summed E-state index contributed by atoms with van der Waals surface area (Å²) in [6.07, 6.45) is 6.35. The van der Waals surface area contributed by atoms with E-state index in [9.17, 15) is 13.2 Å². The van der Waals surface area contributed by atoms with Crippen molar-refractivity contribution in [3.63, 3.8) is 0 Å². The van der Waals surface area contributed by atoms with Crippen LogP contribution in [0.3, 0.4) is 0 Å². The highest BCUT2D eigenvalue weighted by Gasteiger charge is 2.24. The van der Waals surface area contributed by atoms with E-state index in [1.807, 2.05) is 0 Å². The number of sulfonamides is 1. The van der Waals surface area contributed by atoms with E-state index in [4.69, 9.17) is 4.74 Å². The summed E-state index contributed by atoms with van der Waals surface area (Å²) in [5.74, 6) is 0.351.